The zero-order valence-corrected chi connectivity index (χ0v) is 6.31. The molecule has 0 amide bonds. The Morgan fingerprint density at radius 3 is 2.00 bits per heavy atom. The van der Waals surface area contributed by atoms with E-state index >= 15 is 0 Å². The number of aliphatic hydroxyl groups is 1. The van der Waals surface area contributed by atoms with Crippen molar-refractivity contribution in [3.63, 3.8) is 0 Å². The van der Waals surface area contributed by atoms with Crippen molar-refractivity contribution in [1.29, 1.82) is 0 Å². The van der Waals surface area contributed by atoms with Gasteiger partial charge >= 0.3 is 12.1 Å². The summed E-state index contributed by atoms with van der Waals surface area (Å²) < 4.78 is 63.8. The molecule has 0 bridgehead atoms. The molecule has 0 saturated carbocycles. The molecule has 1 N–H and O–H groups in total. The van der Waals surface area contributed by atoms with Gasteiger partial charge < -0.3 is 9.84 Å². The van der Waals surface area contributed by atoms with Crippen molar-refractivity contribution >= 4 is 0 Å². The van der Waals surface area contributed by atoms with Crippen LogP contribution < -0.4 is 0 Å². The van der Waals surface area contributed by atoms with E-state index in [0.717, 1.165) is 0 Å². The molecule has 0 aromatic carbocycles. The Kier molecular flexibility index (Phi) is 2.50. The van der Waals surface area contributed by atoms with Crippen molar-refractivity contribution in [2.75, 3.05) is 6.61 Å². The highest BCUT2D eigenvalue weighted by Crippen LogP contribution is 2.44. The van der Waals surface area contributed by atoms with Gasteiger partial charge in [0.2, 0.25) is 0 Å². The summed E-state index contributed by atoms with van der Waals surface area (Å²) in [7, 11) is 0. The van der Waals surface area contributed by atoms with E-state index in [4.69, 9.17) is 5.11 Å². The second-order valence-electron chi connectivity index (χ2n) is 2.79. The molecule has 1 fully saturated rings. The average molecular weight is 206 g/mol. The van der Waals surface area contributed by atoms with Crippen LogP contribution in [0.1, 0.15) is 6.42 Å². The number of ether oxygens (including phenoxy) is 1. The molecule has 13 heavy (non-hydrogen) atoms. The molecular formula is C6H7F5O2. The second-order valence-corrected chi connectivity index (χ2v) is 2.79. The van der Waals surface area contributed by atoms with E-state index in [1.165, 1.54) is 0 Å². The summed E-state index contributed by atoms with van der Waals surface area (Å²) in [6, 6.07) is 0. The smallest absolute Gasteiger partial charge is 0.394 e. The number of hydrogen-bond donors (Lipinski definition) is 1. The third kappa shape index (κ3) is 1.76. The van der Waals surface area contributed by atoms with Crippen LogP contribution in [0.4, 0.5) is 22.0 Å². The zero-order valence-electron chi connectivity index (χ0n) is 6.31. The SMILES string of the molecule is OCC1CC(C(F)(F)C(F)(F)F)O1. The number of hydrogen-bond acceptors (Lipinski definition) is 2. The van der Waals surface area contributed by atoms with Gasteiger partial charge in [-0.3, -0.25) is 0 Å². The molecule has 1 heterocycles. The van der Waals surface area contributed by atoms with Crippen molar-refractivity contribution < 1.29 is 31.8 Å². The number of halogens is 5. The summed E-state index contributed by atoms with van der Waals surface area (Å²) >= 11 is 0. The number of alkyl halides is 5. The van der Waals surface area contributed by atoms with E-state index in [2.05, 4.69) is 4.74 Å². The van der Waals surface area contributed by atoms with Crippen molar-refractivity contribution in [1.82, 2.24) is 0 Å². The average Bonchev–Trinajstić information content (AvgIpc) is 1.81. The van der Waals surface area contributed by atoms with Gasteiger partial charge in [0.1, 0.15) is 6.10 Å². The van der Waals surface area contributed by atoms with Crippen LogP contribution in [0.15, 0.2) is 0 Å². The Bertz CT molecular complexity index is 184. The van der Waals surface area contributed by atoms with E-state index in [1.54, 1.807) is 0 Å². The van der Waals surface area contributed by atoms with Crippen LogP contribution in [0, 0.1) is 0 Å². The first-order valence-electron chi connectivity index (χ1n) is 3.50. The maximum atomic E-state index is 12.4. The van der Waals surface area contributed by atoms with Gasteiger partial charge in [0.25, 0.3) is 0 Å². The Morgan fingerprint density at radius 2 is 1.69 bits per heavy atom. The molecule has 78 valence electrons. The molecule has 0 radical (unpaired) electrons. The van der Waals surface area contributed by atoms with Crippen molar-refractivity contribution in [2.24, 2.45) is 0 Å². The highest BCUT2D eigenvalue weighted by molar-refractivity contribution is 4.92. The van der Waals surface area contributed by atoms with Gasteiger partial charge in [0.05, 0.1) is 12.7 Å². The maximum absolute atomic E-state index is 12.4. The largest absolute Gasteiger partial charge is 0.456 e. The molecule has 1 aliphatic heterocycles. The molecule has 0 aliphatic carbocycles. The minimum absolute atomic E-state index is 0.469. The molecule has 1 saturated heterocycles. The minimum Gasteiger partial charge on any atom is -0.394 e. The van der Waals surface area contributed by atoms with E-state index in [-0.39, 0.29) is 0 Å². The Morgan fingerprint density at radius 1 is 1.23 bits per heavy atom. The van der Waals surface area contributed by atoms with Gasteiger partial charge in [-0.05, 0) is 0 Å². The molecule has 2 nitrogen and oxygen atoms in total. The molecule has 7 heteroatoms. The van der Waals surface area contributed by atoms with Crippen LogP contribution in [-0.2, 0) is 4.74 Å². The lowest BCUT2D eigenvalue weighted by Gasteiger charge is -2.39. The fraction of sp³-hybridized carbons (Fsp3) is 1.00. The van der Waals surface area contributed by atoms with Crippen LogP contribution in [0.5, 0.6) is 0 Å². The third-order valence-corrected chi connectivity index (χ3v) is 1.82. The summed E-state index contributed by atoms with van der Waals surface area (Å²) in [4.78, 5) is 0. The second kappa shape index (κ2) is 3.06. The first-order valence-corrected chi connectivity index (χ1v) is 3.50. The van der Waals surface area contributed by atoms with Crippen molar-refractivity contribution in [3.05, 3.63) is 0 Å². The molecule has 0 aromatic heterocycles. The quantitative estimate of drug-likeness (QED) is 0.690. The van der Waals surface area contributed by atoms with Crippen LogP contribution >= 0.6 is 0 Å². The molecule has 0 aromatic rings. The van der Waals surface area contributed by atoms with E-state index in [9.17, 15) is 22.0 Å². The summed E-state index contributed by atoms with van der Waals surface area (Å²) in [5.74, 6) is -4.82. The van der Waals surface area contributed by atoms with Crippen molar-refractivity contribution in [3.8, 4) is 0 Å². The molecule has 1 rings (SSSR count). The predicted molar refractivity (Wildman–Crippen MR) is 31.4 cm³/mol. The lowest BCUT2D eigenvalue weighted by molar-refractivity contribution is -0.351. The molecular weight excluding hydrogens is 199 g/mol. The monoisotopic (exact) mass is 206 g/mol. The highest BCUT2D eigenvalue weighted by Gasteiger charge is 2.65. The summed E-state index contributed by atoms with van der Waals surface area (Å²) in [6.45, 7) is -0.537. The number of aliphatic hydroxyl groups excluding tert-OH is 1. The minimum atomic E-state index is -5.59. The fourth-order valence-corrected chi connectivity index (χ4v) is 0.994. The highest BCUT2D eigenvalue weighted by atomic mass is 19.4. The molecule has 1 aliphatic rings. The van der Waals surface area contributed by atoms with Gasteiger partial charge in [-0.15, -0.1) is 0 Å². The van der Waals surface area contributed by atoms with E-state index < -0.39 is 37.3 Å². The normalized spacial score (nSPS) is 30.0. The van der Waals surface area contributed by atoms with Gasteiger partial charge in [0.15, 0.2) is 0 Å². The first-order chi connectivity index (χ1) is 5.79. The van der Waals surface area contributed by atoms with Gasteiger partial charge in [0, 0.05) is 6.42 Å². The van der Waals surface area contributed by atoms with Crippen molar-refractivity contribution in [2.45, 2.75) is 30.7 Å². The lowest BCUT2D eigenvalue weighted by atomic mass is 9.99. The summed E-state index contributed by atoms with van der Waals surface area (Å²) in [5, 5.41) is 8.32. The molecule has 0 spiro atoms. The number of rotatable bonds is 2. The summed E-state index contributed by atoms with van der Waals surface area (Å²) in [6.07, 6.45) is -9.09. The fourth-order valence-electron chi connectivity index (χ4n) is 0.994. The van der Waals surface area contributed by atoms with E-state index in [1.807, 2.05) is 0 Å². The van der Waals surface area contributed by atoms with Crippen LogP contribution in [0.2, 0.25) is 0 Å². The standard InChI is InChI=1S/C6H7F5O2/c7-5(8,6(9,10)11)4-1-3(2-12)13-4/h3-4,12H,1-2H2. The van der Waals surface area contributed by atoms with Crippen LogP contribution in [-0.4, -0.2) is 36.0 Å². The predicted octanol–water partition coefficient (Wildman–Crippen LogP) is 1.33. The van der Waals surface area contributed by atoms with Crippen LogP contribution in [0.25, 0.3) is 0 Å². The van der Waals surface area contributed by atoms with Gasteiger partial charge in [-0.25, -0.2) is 0 Å². The third-order valence-electron chi connectivity index (χ3n) is 1.82. The Hall–Kier alpha value is -0.430. The maximum Gasteiger partial charge on any atom is 0.456 e. The van der Waals surface area contributed by atoms with Gasteiger partial charge in [-0.1, -0.05) is 0 Å². The van der Waals surface area contributed by atoms with E-state index in [0.29, 0.717) is 0 Å². The lowest BCUT2D eigenvalue weighted by Crippen LogP contribution is -2.57. The first kappa shape index (κ1) is 10.6. The topological polar surface area (TPSA) is 29.5 Å². The molecule has 2 unspecified atom stereocenters. The summed E-state index contributed by atoms with van der Waals surface area (Å²) in [5.41, 5.74) is 0. The molecule has 2 atom stereocenters. The van der Waals surface area contributed by atoms with Gasteiger partial charge in [-0.2, -0.15) is 22.0 Å². The Balaban J connectivity index is 2.54. The Labute approximate surface area is 70.3 Å². The zero-order chi connectivity index (χ0) is 10.3. The van der Waals surface area contributed by atoms with Crippen LogP contribution in [0.3, 0.4) is 0 Å².